The third kappa shape index (κ3) is 2.19. The Bertz CT molecular complexity index is 515. The summed E-state index contributed by atoms with van der Waals surface area (Å²) in [5.41, 5.74) is 0. The van der Waals surface area contributed by atoms with Crippen LogP contribution in [-0.4, -0.2) is 9.78 Å². The smallest absolute Gasteiger partial charge is 0.410 e. The molecule has 0 aliphatic carbocycles. The Balaban J connectivity index is 2.22. The molecular formula is C9H7ClN2O3. The molecule has 78 valence electrons. The first-order chi connectivity index (χ1) is 7.15. The lowest BCUT2D eigenvalue weighted by molar-refractivity contribution is 0.320. The van der Waals surface area contributed by atoms with E-state index in [1.807, 2.05) is 0 Å². The zero-order valence-electron chi connectivity index (χ0n) is 7.81. The van der Waals surface area contributed by atoms with Gasteiger partial charge in [0.2, 0.25) is 0 Å². The molecule has 0 spiro atoms. The van der Waals surface area contributed by atoms with Crippen LogP contribution in [-0.2, 0) is 7.05 Å². The Morgan fingerprint density at radius 1 is 1.40 bits per heavy atom. The van der Waals surface area contributed by atoms with E-state index in [-0.39, 0.29) is 6.08 Å². The monoisotopic (exact) mass is 226 g/mol. The number of ether oxygens (including phenoxy) is 1. The van der Waals surface area contributed by atoms with Crippen molar-refractivity contribution in [2.75, 3.05) is 0 Å². The van der Waals surface area contributed by atoms with Gasteiger partial charge in [-0.1, -0.05) is 16.7 Å². The molecular weight excluding hydrogens is 220 g/mol. The van der Waals surface area contributed by atoms with E-state index in [1.165, 1.54) is 7.05 Å². The molecule has 0 bridgehead atoms. The van der Waals surface area contributed by atoms with Crippen molar-refractivity contribution >= 4 is 11.6 Å². The van der Waals surface area contributed by atoms with E-state index < -0.39 is 5.76 Å². The van der Waals surface area contributed by atoms with Crippen LogP contribution in [0.1, 0.15) is 0 Å². The maximum atomic E-state index is 10.9. The number of nitrogens with zero attached hydrogens (tertiary/aromatic N) is 2. The second-order valence-electron chi connectivity index (χ2n) is 2.81. The van der Waals surface area contributed by atoms with Gasteiger partial charge in [-0.15, -0.1) is 0 Å². The molecule has 0 aliphatic heterocycles. The van der Waals surface area contributed by atoms with E-state index in [0.717, 1.165) is 4.68 Å². The summed E-state index contributed by atoms with van der Waals surface area (Å²) in [6.07, 6.45) is -0.0928. The summed E-state index contributed by atoms with van der Waals surface area (Å²) in [6.45, 7) is 0. The molecule has 6 heteroatoms. The lowest BCUT2D eigenvalue weighted by Crippen LogP contribution is -2.09. The van der Waals surface area contributed by atoms with Gasteiger partial charge in [-0.25, -0.2) is 4.79 Å². The van der Waals surface area contributed by atoms with Crippen LogP contribution in [0.5, 0.6) is 11.8 Å². The minimum absolute atomic E-state index is 0.0928. The highest BCUT2D eigenvalue weighted by molar-refractivity contribution is 6.30. The van der Waals surface area contributed by atoms with Crippen molar-refractivity contribution in [2.45, 2.75) is 0 Å². The van der Waals surface area contributed by atoms with Crippen LogP contribution < -0.4 is 10.5 Å². The first-order valence-corrected chi connectivity index (χ1v) is 4.50. The minimum atomic E-state index is -0.570. The van der Waals surface area contributed by atoms with Crippen LogP contribution in [0.4, 0.5) is 0 Å². The maximum Gasteiger partial charge on any atom is 0.439 e. The third-order valence-electron chi connectivity index (χ3n) is 1.69. The Morgan fingerprint density at radius 3 is 2.60 bits per heavy atom. The van der Waals surface area contributed by atoms with E-state index in [1.54, 1.807) is 24.3 Å². The quantitative estimate of drug-likeness (QED) is 0.784. The average Bonchev–Trinajstić information content (AvgIpc) is 2.50. The minimum Gasteiger partial charge on any atom is -0.410 e. The second-order valence-corrected chi connectivity index (χ2v) is 3.25. The van der Waals surface area contributed by atoms with E-state index in [9.17, 15) is 4.79 Å². The van der Waals surface area contributed by atoms with E-state index in [0.29, 0.717) is 10.8 Å². The first kappa shape index (κ1) is 9.79. The molecule has 1 aromatic carbocycles. The zero-order valence-corrected chi connectivity index (χ0v) is 8.56. The van der Waals surface area contributed by atoms with Crippen molar-refractivity contribution in [3.05, 3.63) is 39.8 Å². The summed E-state index contributed by atoms with van der Waals surface area (Å²) >= 11 is 5.70. The van der Waals surface area contributed by atoms with Crippen molar-refractivity contribution < 1.29 is 9.15 Å². The van der Waals surface area contributed by atoms with Gasteiger partial charge in [0.1, 0.15) is 5.75 Å². The fraction of sp³-hybridized carbons (Fsp3) is 0.111. The summed E-state index contributed by atoms with van der Waals surface area (Å²) in [7, 11) is 1.47. The highest BCUT2D eigenvalue weighted by Crippen LogP contribution is 2.20. The van der Waals surface area contributed by atoms with Gasteiger partial charge in [0, 0.05) is 12.1 Å². The number of aromatic nitrogens is 2. The Kier molecular flexibility index (Phi) is 2.47. The molecule has 15 heavy (non-hydrogen) atoms. The summed E-state index contributed by atoms with van der Waals surface area (Å²) in [6, 6.07) is 6.63. The topological polar surface area (TPSA) is 57.3 Å². The molecule has 1 heterocycles. The highest BCUT2D eigenvalue weighted by atomic mass is 35.5. The summed E-state index contributed by atoms with van der Waals surface area (Å²) in [4.78, 5) is 10.9. The van der Waals surface area contributed by atoms with Crippen LogP contribution in [0.15, 0.2) is 33.5 Å². The van der Waals surface area contributed by atoms with Gasteiger partial charge in [0.15, 0.2) is 0 Å². The van der Waals surface area contributed by atoms with E-state index in [2.05, 4.69) is 9.52 Å². The number of halogens is 1. The Morgan fingerprint density at radius 2 is 2.07 bits per heavy atom. The molecule has 0 saturated carbocycles. The fourth-order valence-corrected chi connectivity index (χ4v) is 1.10. The van der Waals surface area contributed by atoms with Gasteiger partial charge < -0.3 is 9.15 Å². The molecule has 2 rings (SSSR count). The first-order valence-electron chi connectivity index (χ1n) is 4.13. The maximum absolute atomic E-state index is 10.9. The van der Waals surface area contributed by atoms with E-state index >= 15 is 0 Å². The SMILES string of the molecule is Cn1nc(Oc2ccc(Cl)cc2)oc1=O. The van der Waals surface area contributed by atoms with Crippen LogP contribution in [0, 0.1) is 0 Å². The van der Waals surface area contributed by atoms with Crippen molar-refractivity contribution in [1.82, 2.24) is 9.78 Å². The van der Waals surface area contributed by atoms with Gasteiger partial charge in [-0.3, -0.25) is 0 Å². The summed E-state index contributed by atoms with van der Waals surface area (Å²) in [5, 5.41) is 4.31. The van der Waals surface area contributed by atoms with Crippen LogP contribution >= 0.6 is 11.6 Å². The van der Waals surface area contributed by atoms with Crippen molar-refractivity contribution in [2.24, 2.45) is 7.05 Å². The number of hydrogen-bond acceptors (Lipinski definition) is 4. The lowest BCUT2D eigenvalue weighted by atomic mass is 10.3. The lowest BCUT2D eigenvalue weighted by Gasteiger charge is -1.98. The molecule has 0 fully saturated rings. The zero-order chi connectivity index (χ0) is 10.8. The number of hydrogen-bond donors (Lipinski definition) is 0. The van der Waals surface area contributed by atoms with Crippen LogP contribution in [0.3, 0.4) is 0 Å². The summed E-state index contributed by atoms with van der Waals surface area (Å²) < 4.78 is 10.9. The van der Waals surface area contributed by atoms with Gasteiger partial charge in [0.05, 0.1) is 0 Å². The normalized spacial score (nSPS) is 10.3. The molecule has 5 nitrogen and oxygen atoms in total. The van der Waals surface area contributed by atoms with Crippen LogP contribution in [0.2, 0.25) is 5.02 Å². The van der Waals surface area contributed by atoms with Gasteiger partial charge in [-0.2, -0.15) is 4.68 Å². The number of benzene rings is 1. The largest absolute Gasteiger partial charge is 0.439 e. The Labute approximate surface area is 89.8 Å². The summed E-state index contributed by atoms with van der Waals surface area (Å²) in [5.74, 6) is -0.0692. The standard InChI is InChI=1S/C9H7ClN2O3/c1-12-9(13)15-8(11-12)14-7-4-2-6(10)3-5-7/h2-5H,1H3. The van der Waals surface area contributed by atoms with Crippen molar-refractivity contribution in [1.29, 1.82) is 0 Å². The van der Waals surface area contributed by atoms with Crippen molar-refractivity contribution in [3.63, 3.8) is 0 Å². The average molecular weight is 227 g/mol. The van der Waals surface area contributed by atoms with Crippen LogP contribution in [0.25, 0.3) is 0 Å². The van der Waals surface area contributed by atoms with Gasteiger partial charge in [0.25, 0.3) is 0 Å². The predicted octanol–water partition coefficient (Wildman–Crippen LogP) is 1.82. The van der Waals surface area contributed by atoms with Gasteiger partial charge >= 0.3 is 11.8 Å². The molecule has 0 amide bonds. The molecule has 0 N–H and O–H groups in total. The molecule has 1 aromatic heterocycles. The number of aryl methyl sites for hydroxylation is 1. The second kappa shape index (κ2) is 3.78. The predicted molar refractivity (Wildman–Crippen MR) is 53.3 cm³/mol. The molecule has 0 radical (unpaired) electrons. The van der Waals surface area contributed by atoms with Gasteiger partial charge in [-0.05, 0) is 24.3 Å². The number of rotatable bonds is 2. The Hall–Kier alpha value is -1.75. The molecule has 0 atom stereocenters. The highest BCUT2D eigenvalue weighted by Gasteiger charge is 2.06. The molecule has 2 aromatic rings. The van der Waals surface area contributed by atoms with Crippen molar-refractivity contribution in [3.8, 4) is 11.8 Å². The third-order valence-corrected chi connectivity index (χ3v) is 1.94. The van der Waals surface area contributed by atoms with E-state index in [4.69, 9.17) is 16.3 Å². The fourth-order valence-electron chi connectivity index (χ4n) is 0.969. The molecule has 0 unspecified atom stereocenters. The molecule has 0 saturated heterocycles. The molecule has 0 aliphatic rings.